The quantitative estimate of drug-likeness (QED) is 0.522. The lowest BCUT2D eigenvalue weighted by molar-refractivity contribution is 1.02. The van der Waals surface area contributed by atoms with Crippen LogP contribution in [0, 0.1) is 13.8 Å². The summed E-state index contributed by atoms with van der Waals surface area (Å²) >= 11 is 0. The molecule has 6 nitrogen and oxygen atoms in total. The number of H-pyrrole nitrogens is 2. The van der Waals surface area contributed by atoms with Crippen LogP contribution in [-0.4, -0.2) is 20.2 Å². The Morgan fingerprint density at radius 1 is 0.917 bits per heavy atom. The van der Waals surface area contributed by atoms with E-state index in [-0.39, 0.29) is 0 Å². The van der Waals surface area contributed by atoms with Crippen molar-refractivity contribution in [3.63, 3.8) is 0 Å². The smallest absolute Gasteiger partial charge is 0.138 e. The third-order valence-corrected chi connectivity index (χ3v) is 3.88. The summed E-state index contributed by atoms with van der Waals surface area (Å²) in [6, 6.07) is 15.8. The molecule has 4 rings (SSSR count). The molecule has 2 N–H and O–H groups in total. The average Bonchev–Trinajstić information content (AvgIpc) is 3.17. The fourth-order valence-electron chi connectivity index (χ4n) is 2.58. The summed E-state index contributed by atoms with van der Waals surface area (Å²) in [5, 5.41) is 15.6. The molecule has 0 saturated heterocycles. The first kappa shape index (κ1) is 14.3. The zero-order valence-electron chi connectivity index (χ0n) is 13.4. The minimum atomic E-state index is 0.787. The third kappa shape index (κ3) is 2.58. The van der Waals surface area contributed by atoms with E-state index >= 15 is 0 Å². The number of fused-ring (bicyclic) bond motifs is 1. The second-order valence-electron chi connectivity index (χ2n) is 5.63. The number of hydrogen-bond acceptors (Lipinski definition) is 4. The van der Waals surface area contributed by atoms with Gasteiger partial charge >= 0.3 is 0 Å². The normalized spacial score (nSPS) is 11.6. The number of azo groups is 1. The zero-order valence-corrected chi connectivity index (χ0v) is 13.4. The second kappa shape index (κ2) is 5.73. The first-order valence-electron chi connectivity index (χ1n) is 7.69. The Morgan fingerprint density at radius 2 is 1.71 bits per heavy atom. The van der Waals surface area contributed by atoms with Crippen molar-refractivity contribution in [2.45, 2.75) is 13.8 Å². The first-order chi connectivity index (χ1) is 11.7. The van der Waals surface area contributed by atoms with Gasteiger partial charge in [0.1, 0.15) is 11.5 Å². The Kier molecular flexibility index (Phi) is 3.42. The fraction of sp³-hybridized carbons (Fsp3) is 0.111. The molecular formula is C18H16N6. The molecule has 4 aromatic rings. The van der Waals surface area contributed by atoms with Crippen LogP contribution in [0.5, 0.6) is 0 Å². The maximum absolute atomic E-state index is 4.60. The summed E-state index contributed by atoms with van der Waals surface area (Å²) in [5.41, 5.74) is 6.33. The summed E-state index contributed by atoms with van der Waals surface area (Å²) in [7, 11) is 0. The lowest BCUT2D eigenvalue weighted by atomic mass is 10.2. The van der Waals surface area contributed by atoms with Gasteiger partial charge in [0, 0.05) is 5.56 Å². The Morgan fingerprint density at radius 3 is 2.42 bits per heavy atom. The lowest BCUT2D eigenvalue weighted by Gasteiger charge is -1.97. The second-order valence-corrected chi connectivity index (χ2v) is 5.63. The highest BCUT2D eigenvalue weighted by Gasteiger charge is 2.06. The van der Waals surface area contributed by atoms with E-state index in [4.69, 9.17) is 0 Å². The molecule has 0 atom stereocenters. The molecule has 0 bridgehead atoms. The van der Waals surface area contributed by atoms with Crippen molar-refractivity contribution in [2.24, 2.45) is 10.2 Å². The van der Waals surface area contributed by atoms with Crippen molar-refractivity contribution in [2.75, 3.05) is 0 Å². The van der Waals surface area contributed by atoms with E-state index in [9.17, 15) is 0 Å². The summed E-state index contributed by atoms with van der Waals surface area (Å²) in [5.74, 6) is 0.848. The molecular weight excluding hydrogens is 300 g/mol. The molecule has 0 radical (unpaired) electrons. The van der Waals surface area contributed by atoms with Crippen molar-refractivity contribution in [1.82, 2.24) is 20.2 Å². The van der Waals surface area contributed by atoms with Gasteiger partial charge in [-0.05, 0) is 50.2 Å². The molecule has 0 fully saturated rings. The van der Waals surface area contributed by atoms with Crippen LogP contribution in [0.1, 0.15) is 11.4 Å². The maximum atomic E-state index is 4.60. The number of rotatable bonds is 3. The number of nitrogens with zero attached hydrogens (tertiary/aromatic N) is 4. The minimum Gasteiger partial charge on any atom is -0.338 e. The number of nitrogens with one attached hydrogen (secondary N) is 2. The van der Waals surface area contributed by atoms with Crippen LogP contribution in [-0.2, 0) is 0 Å². The van der Waals surface area contributed by atoms with Gasteiger partial charge in [-0.15, -0.1) is 5.11 Å². The number of imidazole rings is 1. The van der Waals surface area contributed by atoms with E-state index < -0.39 is 0 Å². The third-order valence-electron chi connectivity index (χ3n) is 3.88. The van der Waals surface area contributed by atoms with Crippen molar-refractivity contribution in [3.8, 4) is 11.4 Å². The van der Waals surface area contributed by atoms with Crippen molar-refractivity contribution in [1.29, 1.82) is 0 Å². The monoisotopic (exact) mass is 316 g/mol. The minimum absolute atomic E-state index is 0.787. The van der Waals surface area contributed by atoms with E-state index in [1.165, 1.54) is 0 Å². The van der Waals surface area contributed by atoms with Crippen LogP contribution in [0.25, 0.3) is 22.4 Å². The van der Waals surface area contributed by atoms with E-state index in [1.54, 1.807) is 0 Å². The van der Waals surface area contributed by atoms with E-state index in [0.717, 1.165) is 45.2 Å². The van der Waals surface area contributed by atoms with Crippen LogP contribution in [0.2, 0.25) is 0 Å². The van der Waals surface area contributed by atoms with Gasteiger partial charge in [0.15, 0.2) is 0 Å². The predicted molar refractivity (Wildman–Crippen MR) is 93.8 cm³/mol. The number of aryl methyl sites for hydroxylation is 2. The molecule has 0 amide bonds. The maximum Gasteiger partial charge on any atom is 0.138 e. The molecule has 2 aromatic heterocycles. The Balaban J connectivity index is 1.60. The largest absolute Gasteiger partial charge is 0.338 e. The average molecular weight is 316 g/mol. The number of hydrogen-bond donors (Lipinski definition) is 2. The highest BCUT2D eigenvalue weighted by molar-refractivity contribution is 5.79. The van der Waals surface area contributed by atoms with Gasteiger partial charge in [-0.25, -0.2) is 4.98 Å². The molecule has 0 aliphatic carbocycles. The van der Waals surface area contributed by atoms with Gasteiger partial charge in [0.25, 0.3) is 0 Å². The molecule has 0 unspecified atom stereocenters. The molecule has 2 aromatic carbocycles. The summed E-state index contributed by atoms with van der Waals surface area (Å²) in [6.45, 7) is 3.83. The van der Waals surface area contributed by atoms with Gasteiger partial charge in [-0.1, -0.05) is 12.1 Å². The standard InChI is InChI=1S/C18H16N6/c1-11-17(12(2)22-21-11)24-23-14-9-7-13(8-10-14)18-19-15-5-3-4-6-16(15)20-18/h3-10H,1-2H3,(H,19,20)(H,21,22). The van der Waals surface area contributed by atoms with Crippen molar-refractivity contribution < 1.29 is 0 Å². The van der Waals surface area contributed by atoms with Gasteiger partial charge in [0.2, 0.25) is 0 Å². The van der Waals surface area contributed by atoms with Crippen LogP contribution < -0.4 is 0 Å². The highest BCUT2D eigenvalue weighted by Crippen LogP contribution is 2.26. The Bertz CT molecular complexity index is 971. The number of aromatic nitrogens is 4. The molecule has 0 aliphatic rings. The van der Waals surface area contributed by atoms with Crippen molar-refractivity contribution in [3.05, 3.63) is 59.9 Å². The Labute approximate surface area is 138 Å². The molecule has 0 aliphatic heterocycles. The fourth-order valence-corrected chi connectivity index (χ4v) is 2.58. The van der Waals surface area contributed by atoms with Crippen molar-refractivity contribution >= 4 is 22.4 Å². The summed E-state index contributed by atoms with van der Waals surface area (Å²) in [4.78, 5) is 7.92. The molecule has 2 heterocycles. The Hall–Kier alpha value is -3.28. The summed E-state index contributed by atoms with van der Waals surface area (Å²) in [6.07, 6.45) is 0. The molecule has 0 saturated carbocycles. The molecule has 0 spiro atoms. The van der Waals surface area contributed by atoms with Gasteiger partial charge < -0.3 is 4.98 Å². The SMILES string of the molecule is Cc1n[nH]c(C)c1N=Nc1ccc(-c2nc3ccccc3[nH]2)cc1. The topological polar surface area (TPSA) is 82.1 Å². The molecule has 24 heavy (non-hydrogen) atoms. The number of para-hydroxylation sites is 2. The summed E-state index contributed by atoms with van der Waals surface area (Å²) < 4.78 is 0. The van der Waals surface area contributed by atoms with Crippen LogP contribution in [0.15, 0.2) is 58.8 Å². The lowest BCUT2D eigenvalue weighted by Crippen LogP contribution is -1.79. The number of benzene rings is 2. The highest BCUT2D eigenvalue weighted by atomic mass is 15.2. The molecule has 118 valence electrons. The first-order valence-corrected chi connectivity index (χ1v) is 7.69. The number of aromatic amines is 2. The van der Waals surface area contributed by atoms with Crippen LogP contribution in [0.4, 0.5) is 11.4 Å². The van der Waals surface area contributed by atoms with E-state index in [1.807, 2.05) is 62.4 Å². The van der Waals surface area contributed by atoms with Gasteiger partial charge in [-0.2, -0.15) is 10.2 Å². The molecule has 6 heteroatoms. The van der Waals surface area contributed by atoms with Gasteiger partial charge in [0.05, 0.1) is 28.1 Å². The van der Waals surface area contributed by atoms with E-state index in [2.05, 4.69) is 30.4 Å². The van der Waals surface area contributed by atoms with Crippen LogP contribution >= 0.6 is 0 Å². The predicted octanol–water partition coefficient (Wildman–Crippen LogP) is 4.99. The van der Waals surface area contributed by atoms with Gasteiger partial charge in [-0.3, -0.25) is 5.10 Å². The van der Waals surface area contributed by atoms with E-state index in [0.29, 0.717) is 0 Å². The zero-order chi connectivity index (χ0) is 16.5. The van der Waals surface area contributed by atoms with Crippen LogP contribution in [0.3, 0.4) is 0 Å².